The fourth-order valence-corrected chi connectivity index (χ4v) is 4.61. The Bertz CT molecular complexity index is 1570. The number of anilines is 4. The fraction of sp³-hybridized carbons (Fsp3) is 0.207. The fourth-order valence-electron chi connectivity index (χ4n) is 3.92. The molecule has 0 aliphatic heterocycles. The number of hydrogen-bond acceptors (Lipinski definition) is 7. The van der Waals surface area contributed by atoms with E-state index < -0.39 is 12.7 Å². The number of aromatic nitrogens is 2. The van der Waals surface area contributed by atoms with Gasteiger partial charge in [0.2, 0.25) is 6.41 Å². The van der Waals surface area contributed by atoms with Gasteiger partial charge in [0.15, 0.2) is 0 Å². The highest BCUT2D eigenvalue weighted by molar-refractivity contribution is 6.41. The maximum absolute atomic E-state index is 13.2. The van der Waals surface area contributed by atoms with Crippen molar-refractivity contribution in [1.29, 1.82) is 0 Å². The number of carbonyl (C=O) groups is 1. The third-order valence-corrected chi connectivity index (χ3v) is 6.49. The lowest BCUT2D eigenvalue weighted by molar-refractivity contribution is -0.115. The number of amides is 1. The lowest BCUT2D eigenvalue weighted by Crippen LogP contribution is -2.22. The van der Waals surface area contributed by atoms with Crippen molar-refractivity contribution < 1.29 is 27.4 Å². The molecule has 13 heteroatoms. The van der Waals surface area contributed by atoms with E-state index in [1.165, 1.54) is 26.5 Å². The third-order valence-electron chi connectivity index (χ3n) is 5.74. The summed E-state index contributed by atoms with van der Waals surface area (Å²) in [5.41, 5.74) is 2.29. The number of hydrogen-bond donors (Lipinski definition) is 3. The molecule has 0 bridgehead atoms. The van der Waals surface area contributed by atoms with Crippen LogP contribution in [0.2, 0.25) is 10.0 Å². The summed E-state index contributed by atoms with van der Waals surface area (Å²) in [5.74, 6) is 0.732. The van der Waals surface area contributed by atoms with Crippen LogP contribution in [0.3, 0.4) is 0 Å². The molecule has 3 N–H and O–H groups in total. The van der Waals surface area contributed by atoms with Crippen LogP contribution >= 0.6 is 23.2 Å². The first-order valence-electron chi connectivity index (χ1n) is 12.3. The van der Waals surface area contributed by atoms with Crippen LogP contribution in [0.5, 0.6) is 11.5 Å². The van der Waals surface area contributed by atoms with E-state index in [9.17, 15) is 18.0 Å². The Morgan fingerprint density at radius 3 is 2.29 bits per heavy atom. The zero-order valence-corrected chi connectivity index (χ0v) is 24.6. The lowest BCUT2D eigenvalue weighted by atomic mass is 10.1. The molecule has 8 nitrogen and oxygen atoms in total. The van der Waals surface area contributed by atoms with Gasteiger partial charge in [-0.1, -0.05) is 41.4 Å². The second-order valence-electron chi connectivity index (χ2n) is 8.69. The van der Waals surface area contributed by atoms with E-state index in [-0.39, 0.29) is 38.6 Å². The molecular weight excluding hydrogens is 594 g/mol. The number of halogens is 5. The molecule has 0 saturated carbocycles. The van der Waals surface area contributed by atoms with Crippen molar-refractivity contribution in [3.63, 3.8) is 0 Å². The molecule has 1 amide bonds. The number of nitrogens with one attached hydrogen (secondary N) is 3. The normalized spacial score (nSPS) is 10.8. The van der Waals surface area contributed by atoms with Crippen molar-refractivity contribution in [2.45, 2.75) is 20.0 Å². The molecule has 2 heterocycles. The number of allylic oxidation sites excluding steroid dienone is 1. The van der Waals surface area contributed by atoms with Crippen molar-refractivity contribution in [2.24, 2.45) is 0 Å². The minimum absolute atomic E-state index is 0.0739. The zero-order chi connectivity index (χ0) is 31.0. The molecule has 0 saturated heterocycles. The van der Waals surface area contributed by atoms with E-state index >= 15 is 0 Å². The van der Waals surface area contributed by atoms with E-state index in [0.29, 0.717) is 34.4 Å². The van der Waals surface area contributed by atoms with E-state index in [4.69, 9.17) is 32.7 Å². The van der Waals surface area contributed by atoms with Gasteiger partial charge in [0, 0.05) is 28.6 Å². The van der Waals surface area contributed by atoms with Gasteiger partial charge in [-0.15, -0.1) is 6.58 Å². The number of rotatable bonds is 9. The molecule has 0 aliphatic rings. The molecule has 222 valence electrons. The first-order chi connectivity index (χ1) is 20.0. The number of nitrogens with zero attached hydrogens (tertiary/aromatic N) is 2. The minimum atomic E-state index is -4.51. The second kappa shape index (κ2) is 14.1. The number of methoxy groups -OCH3 is 2. The van der Waals surface area contributed by atoms with Gasteiger partial charge in [-0.05, 0) is 37.6 Å². The Morgan fingerprint density at radius 2 is 1.71 bits per heavy atom. The molecule has 4 aromatic rings. The smallest absolute Gasteiger partial charge is 0.405 e. The summed E-state index contributed by atoms with van der Waals surface area (Å²) in [6.45, 7) is 5.75. The van der Waals surface area contributed by atoms with E-state index in [2.05, 4.69) is 32.5 Å². The molecule has 0 aliphatic carbocycles. The predicted octanol–water partition coefficient (Wildman–Crippen LogP) is 8.41. The molecular formula is C29H28Cl2F3N5O3. The summed E-state index contributed by atoms with van der Waals surface area (Å²) in [7, 11) is 2.82. The number of aryl methyl sites for hydroxylation is 1. The third kappa shape index (κ3) is 7.54. The van der Waals surface area contributed by atoms with Crippen molar-refractivity contribution in [2.75, 3.05) is 36.7 Å². The molecule has 2 aromatic carbocycles. The van der Waals surface area contributed by atoms with E-state index in [1.807, 2.05) is 19.9 Å². The van der Waals surface area contributed by atoms with Crippen LogP contribution < -0.4 is 25.4 Å². The number of ether oxygens (including phenoxy) is 2. The number of alkyl halides is 3. The highest BCUT2D eigenvalue weighted by atomic mass is 35.5. The second-order valence-corrected chi connectivity index (χ2v) is 9.45. The van der Waals surface area contributed by atoms with Gasteiger partial charge in [-0.3, -0.25) is 4.79 Å². The van der Waals surface area contributed by atoms with Crippen molar-refractivity contribution in [3.8, 4) is 22.8 Å². The van der Waals surface area contributed by atoms with Crippen LogP contribution in [-0.4, -0.2) is 43.3 Å². The van der Waals surface area contributed by atoms with Gasteiger partial charge in [0.1, 0.15) is 29.7 Å². The van der Waals surface area contributed by atoms with Crippen LogP contribution in [0.15, 0.2) is 55.3 Å². The van der Waals surface area contributed by atoms with Gasteiger partial charge in [0.25, 0.3) is 0 Å². The van der Waals surface area contributed by atoms with Gasteiger partial charge < -0.3 is 25.4 Å². The number of para-hydroxylation sites is 1. The molecule has 4 rings (SSSR count). The van der Waals surface area contributed by atoms with Gasteiger partial charge in [0.05, 0.1) is 41.3 Å². The topological polar surface area (TPSA) is 97.4 Å². The van der Waals surface area contributed by atoms with Crippen LogP contribution in [-0.2, 0) is 4.79 Å². The Morgan fingerprint density at radius 1 is 1.07 bits per heavy atom. The first-order valence-corrected chi connectivity index (χ1v) is 13.1. The van der Waals surface area contributed by atoms with Crippen LogP contribution in [0.4, 0.5) is 36.2 Å². The lowest BCUT2D eigenvalue weighted by Gasteiger charge is -2.18. The Hall–Kier alpha value is -4.22. The number of fused-ring (bicyclic) bond motifs is 1. The molecule has 0 unspecified atom stereocenters. The van der Waals surface area contributed by atoms with Gasteiger partial charge in [-0.25, -0.2) is 9.97 Å². The zero-order valence-electron chi connectivity index (χ0n) is 23.1. The minimum Gasteiger partial charge on any atom is -0.495 e. The van der Waals surface area contributed by atoms with Crippen molar-refractivity contribution in [1.82, 2.24) is 9.97 Å². The molecule has 0 fully saturated rings. The number of pyridine rings is 2. The SMILES string of the molecule is C=CC.COc1cc(OC)c(Cl)c(-c2cc3cnc(Nc4c(C)cccc4NC=O)cc3c(NCC(F)(F)F)n2)c1Cl. The maximum Gasteiger partial charge on any atom is 0.405 e. The summed E-state index contributed by atoms with van der Waals surface area (Å²) in [4.78, 5) is 19.9. The predicted molar refractivity (Wildman–Crippen MR) is 163 cm³/mol. The summed E-state index contributed by atoms with van der Waals surface area (Å²) in [6, 6.07) is 9.96. The monoisotopic (exact) mass is 621 g/mol. The Kier molecular flexibility index (Phi) is 10.8. The van der Waals surface area contributed by atoms with Gasteiger partial charge >= 0.3 is 6.18 Å². The number of benzene rings is 2. The van der Waals surface area contributed by atoms with E-state index in [1.54, 1.807) is 30.3 Å². The van der Waals surface area contributed by atoms with Crippen molar-refractivity contribution in [3.05, 3.63) is 70.9 Å². The summed E-state index contributed by atoms with van der Waals surface area (Å²) >= 11 is 13.1. The highest BCUT2D eigenvalue weighted by Crippen LogP contribution is 2.46. The molecule has 0 atom stereocenters. The van der Waals surface area contributed by atoms with Gasteiger partial charge in [-0.2, -0.15) is 13.2 Å². The Labute approximate surface area is 250 Å². The average Bonchev–Trinajstić information content (AvgIpc) is 2.94. The van der Waals surface area contributed by atoms with Crippen LogP contribution in [0, 0.1) is 6.92 Å². The highest BCUT2D eigenvalue weighted by Gasteiger charge is 2.28. The van der Waals surface area contributed by atoms with Crippen LogP contribution in [0.1, 0.15) is 12.5 Å². The summed E-state index contributed by atoms with van der Waals surface area (Å²) < 4.78 is 50.2. The quantitative estimate of drug-likeness (QED) is 0.127. The van der Waals surface area contributed by atoms with Crippen LogP contribution in [0.25, 0.3) is 22.0 Å². The van der Waals surface area contributed by atoms with Crippen molar-refractivity contribution >= 4 is 63.4 Å². The first kappa shape index (κ1) is 32.3. The van der Waals surface area contributed by atoms with E-state index in [0.717, 1.165) is 5.56 Å². The maximum atomic E-state index is 13.2. The molecule has 42 heavy (non-hydrogen) atoms. The number of carbonyl (C=O) groups excluding carboxylic acids is 1. The standard InChI is InChI=1S/C26H22Cl2F3N5O3.C3H6/c1-13-5-4-6-16(34-12-37)24(13)36-20-8-15-14(10-32-20)7-17(35-25(15)33-11-26(29,30)31)21-22(27)18(38-2)9-19(39-3)23(21)28;1-3-2/h4-10,12H,11H2,1-3H3,(H,32,36)(H,33,35)(H,34,37);3H,1H2,2H3. The molecule has 2 aromatic heterocycles. The molecule has 0 spiro atoms. The largest absolute Gasteiger partial charge is 0.495 e. The average molecular weight is 622 g/mol. The summed E-state index contributed by atoms with van der Waals surface area (Å²) in [5, 5.41) is 9.13. The summed E-state index contributed by atoms with van der Waals surface area (Å²) in [6.07, 6.45) is -0.739. The Balaban J connectivity index is 0.00000155. The molecule has 0 radical (unpaired) electrons.